The lowest BCUT2D eigenvalue weighted by atomic mass is 10.1. The van der Waals surface area contributed by atoms with Crippen LogP contribution in [0.25, 0.3) is 0 Å². The van der Waals surface area contributed by atoms with Crippen molar-refractivity contribution in [3.05, 3.63) is 53.6 Å². The molecule has 0 aliphatic carbocycles. The summed E-state index contributed by atoms with van der Waals surface area (Å²) in [6, 6.07) is 12.2. The maximum atomic E-state index is 12.1. The Hall–Kier alpha value is -2.49. The van der Waals surface area contributed by atoms with Crippen LogP contribution in [0.15, 0.2) is 42.5 Å². The lowest BCUT2D eigenvalue weighted by Gasteiger charge is -2.08. The average molecular weight is 284 g/mol. The second-order valence-electron chi connectivity index (χ2n) is 5.03. The van der Waals surface area contributed by atoms with E-state index < -0.39 is 0 Å². The van der Waals surface area contributed by atoms with Gasteiger partial charge in [-0.15, -0.1) is 0 Å². The maximum Gasteiger partial charge on any atom is 0.259 e. The van der Waals surface area contributed by atoms with Crippen LogP contribution in [-0.4, -0.2) is 11.0 Å². The standard InChI is InChI=1S/C17H20N2O2/c1-2-3-4-12-5-8-14(9-6-12)19-17(21)15-10-7-13(18)11-16(15)20/h5-11,20H,2-4,18H2,1H3,(H,19,21). The van der Waals surface area contributed by atoms with Crippen LogP contribution in [0, 0.1) is 0 Å². The summed E-state index contributed by atoms with van der Waals surface area (Å²) in [5.74, 6) is -0.471. The highest BCUT2D eigenvalue weighted by molar-refractivity contribution is 6.06. The molecule has 0 aromatic heterocycles. The third-order valence-electron chi connectivity index (χ3n) is 3.30. The molecule has 2 aromatic carbocycles. The summed E-state index contributed by atoms with van der Waals surface area (Å²) in [5, 5.41) is 12.5. The van der Waals surface area contributed by atoms with Crippen molar-refractivity contribution in [2.24, 2.45) is 0 Å². The monoisotopic (exact) mass is 284 g/mol. The van der Waals surface area contributed by atoms with E-state index in [9.17, 15) is 9.90 Å². The minimum Gasteiger partial charge on any atom is -0.507 e. The normalized spacial score (nSPS) is 10.3. The van der Waals surface area contributed by atoms with Gasteiger partial charge in [0.25, 0.3) is 5.91 Å². The van der Waals surface area contributed by atoms with Crippen LogP contribution in [0.4, 0.5) is 11.4 Å². The van der Waals surface area contributed by atoms with Crippen LogP contribution in [0.3, 0.4) is 0 Å². The van der Waals surface area contributed by atoms with Crippen molar-refractivity contribution < 1.29 is 9.90 Å². The van der Waals surface area contributed by atoms with Gasteiger partial charge in [0.15, 0.2) is 0 Å². The summed E-state index contributed by atoms with van der Waals surface area (Å²) in [6.07, 6.45) is 3.36. The molecule has 4 heteroatoms. The van der Waals surface area contributed by atoms with Crippen LogP contribution in [0.5, 0.6) is 5.75 Å². The number of phenols is 1. The topological polar surface area (TPSA) is 75.4 Å². The minimum absolute atomic E-state index is 0.118. The quantitative estimate of drug-likeness (QED) is 0.735. The number of anilines is 2. The number of aryl methyl sites for hydroxylation is 1. The zero-order valence-corrected chi connectivity index (χ0v) is 12.1. The van der Waals surface area contributed by atoms with E-state index in [1.54, 1.807) is 6.07 Å². The summed E-state index contributed by atoms with van der Waals surface area (Å²) in [5.41, 5.74) is 8.13. The Morgan fingerprint density at radius 3 is 2.52 bits per heavy atom. The predicted octanol–water partition coefficient (Wildman–Crippen LogP) is 3.57. The van der Waals surface area contributed by atoms with Gasteiger partial charge in [0.05, 0.1) is 5.56 Å². The molecule has 0 atom stereocenters. The first kappa shape index (κ1) is 14.9. The molecule has 0 saturated carbocycles. The molecule has 0 bridgehead atoms. The number of benzene rings is 2. The van der Waals surface area contributed by atoms with E-state index in [4.69, 9.17) is 5.73 Å². The van der Waals surface area contributed by atoms with Gasteiger partial charge in [0.1, 0.15) is 5.75 Å². The van der Waals surface area contributed by atoms with Crippen LogP contribution in [0.2, 0.25) is 0 Å². The predicted molar refractivity (Wildman–Crippen MR) is 85.5 cm³/mol. The molecule has 4 nitrogen and oxygen atoms in total. The second kappa shape index (κ2) is 6.79. The summed E-state index contributed by atoms with van der Waals surface area (Å²) in [7, 11) is 0. The Labute approximate surface area is 124 Å². The molecule has 2 aromatic rings. The first-order chi connectivity index (χ1) is 10.1. The van der Waals surface area contributed by atoms with Crippen LogP contribution in [0.1, 0.15) is 35.7 Å². The van der Waals surface area contributed by atoms with Gasteiger partial charge in [-0.1, -0.05) is 25.5 Å². The van der Waals surface area contributed by atoms with E-state index in [1.165, 1.54) is 17.7 Å². The van der Waals surface area contributed by atoms with Crippen LogP contribution in [-0.2, 0) is 6.42 Å². The van der Waals surface area contributed by atoms with Crippen molar-refractivity contribution in [1.82, 2.24) is 0 Å². The lowest BCUT2D eigenvalue weighted by Crippen LogP contribution is -2.12. The van der Waals surface area contributed by atoms with E-state index in [0.29, 0.717) is 11.4 Å². The van der Waals surface area contributed by atoms with E-state index in [2.05, 4.69) is 12.2 Å². The molecule has 0 unspecified atom stereocenters. The summed E-state index contributed by atoms with van der Waals surface area (Å²) >= 11 is 0. The molecule has 0 aliphatic rings. The number of carbonyl (C=O) groups is 1. The molecule has 4 N–H and O–H groups in total. The smallest absolute Gasteiger partial charge is 0.259 e. The summed E-state index contributed by atoms with van der Waals surface area (Å²) < 4.78 is 0. The molecular formula is C17H20N2O2. The second-order valence-corrected chi connectivity index (χ2v) is 5.03. The van der Waals surface area contributed by atoms with Crippen molar-refractivity contribution in [3.8, 4) is 5.75 Å². The number of amides is 1. The fourth-order valence-electron chi connectivity index (χ4n) is 2.07. The number of unbranched alkanes of at least 4 members (excludes halogenated alkanes) is 1. The molecule has 0 saturated heterocycles. The zero-order valence-electron chi connectivity index (χ0n) is 12.1. The van der Waals surface area contributed by atoms with E-state index in [-0.39, 0.29) is 17.2 Å². The number of hydrogen-bond acceptors (Lipinski definition) is 3. The van der Waals surface area contributed by atoms with Gasteiger partial charge in [0.2, 0.25) is 0 Å². The van der Waals surface area contributed by atoms with Gasteiger partial charge in [-0.05, 0) is 42.7 Å². The SMILES string of the molecule is CCCCc1ccc(NC(=O)c2ccc(N)cc2O)cc1. The minimum atomic E-state index is -0.353. The van der Waals surface area contributed by atoms with Gasteiger partial charge in [-0.3, -0.25) is 4.79 Å². The van der Waals surface area contributed by atoms with Gasteiger partial charge in [0, 0.05) is 17.4 Å². The van der Waals surface area contributed by atoms with Gasteiger partial charge in [-0.25, -0.2) is 0 Å². The lowest BCUT2D eigenvalue weighted by molar-refractivity contribution is 0.102. The van der Waals surface area contributed by atoms with Gasteiger partial charge >= 0.3 is 0 Å². The fourth-order valence-corrected chi connectivity index (χ4v) is 2.07. The number of nitrogens with one attached hydrogen (secondary N) is 1. The molecule has 110 valence electrons. The van der Waals surface area contributed by atoms with E-state index in [1.807, 2.05) is 24.3 Å². The molecule has 0 aliphatic heterocycles. The number of nitrogens with two attached hydrogens (primary N) is 1. The molecule has 0 heterocycles. The first-order valence-corrected chi connectivity index (χ1v) is 7.09. The van der Waals surface area contributed by atoms with Crippen molar-refractivity contribution in [2.45, 2.75) is 26.2 Å². The van der Waals surface area contributed by atoms with Crippen molar-refractivity contribution in [3.63, 3.8) is 0 Å². The molecule has 0 radical (unpaired) electrons. The fraction of sp³-hybridized carbons (Fsp3) is 0.235. The molecular weight excluding hydrogens is 264 g/mol. The molecule has 0 spiro atoms. The van der Waals surface area contributed by atoms with Gasteiger partial charge < -0.3 is 16.2 Å². The van der Waals surface area contributed by atoms with E-state index >= 15 is 0 Å². The first-order valence-electron chi connectivity index (χ1n) is 7.09. The third-order valence-corrected chi connectivity index (χ3v) is 3.30. The largest absolute Gasteiger partial charge is 0.507 e. The molecule has 21 heavy (non-hydrogen) atoms. The summed E-state index contributed by atoms with van der Waals surface area (Å²) in [6.45, 7) is 2.16. The maximum absolute atomic E-state index is 12.1. The van der Waals surface area contributed by atoms with Crippen LogP contribution >= 0.6 is 0 Å². The van der Waals surface area contributed by atoms with Crippen molar-refractivity contribution >= 4 is 17.3 Å². The highest BCUT2D eigenvalue weighted by atomic mass is 16.3. The highest BCUT2D eigenvalue weighted by Gasteiger charge is 2.11. The van der Waals surface area contributed by atoms with Crippen LogP contribution < -0.4 is 11.1 Å². The highest BCUT2D eigenvalue weighted by Crippen LogP contribution is 2.21. The van der Waals surface area contributed by atoms with Gasteiger partial charge in [-0.2, -0.15) is 0 Å². The number of phenolic OH excluding ortho intramolecular Hbond substituents is 1. The molecule has 1 amide bonds. The van der Waals surface area contributed by atoms with E-state index in [0.717, 1.165) is 19.3 Å². The summed E-state index contributed by atoms with van der Waals surface area (Å²) in [4.78, 5) is 12.1. The zero-order chi connectivity index (χ0) is 15.2. The average Bonchev–Trinajstić information content (AvgIpc) is 2.46. The number of hydrogen-bond donors (Lipinski definition) is 3. The van der Waals surface area contributed by atoms with Crippen molar-refractivity contribution in [2.75, 3.05) is 11.1 Å². The Balaban J connectivity index is 2.05. The number of carbonyl (C=O) groups excluding carboxylic acids is 1. The number of rotatable bonds is 5. The van der Waals surface area contributed by atoms with Crippen molar-refractivity contribution in [1.29, 1.82) is 0 Å². The number of aromatic hydroxyl groups is 1. The number of nitrogen functional groups attached to an aromatic ring is 1. The Morgan fingerprint density at radius 1 is 1.19 bits per heavy atom. The molecule has 2 rings (SSSR count). The Kier molecular flexibility index (Phi) is 4.82. The Bertz CT molecular complexity index is 621. The third kappa shape index (κ3) is 3.99. The molecule has 0 fully saturated rings. The Morgan fingerprint density at radius 2 is 1.90 bits per heavy atom.